The third kappa shape index (κ3) is 5.13. The minimum Gasteiger partial charge on any atom is -0.497 e. The van der Waals surface area contributed by atoms with Gasteiger partial charge in [-0.25, -0.2) is 0 Å². The molecule has 106 valence electrons. The Kier molecular flexibility index (Phi) is 6.08. The van der Waals surface area contributed by atoms with E-state index in [4.69, 9.17) is 16.2 Å². The third-order valence-electron chi connectivity index (χ3n) is 3.08. The van der Waals surface area contributed by atoms with Gasteiger partial charge in [-0.05, 0) is 18.9 Å². The van der Waals surface area contributed by atoms with Crippen molar-refractivity contribution in [3.63, 3.8) is 0 Å². The third-order valence-corrected chi connectivity index (χ3v) is 3.08. The SMILES string of the molecule is COc1ccc([N+](=O)[O-])c(N)c1.NC1CCCCC1. The Morgan fingerprint density at radius 1 is 1.32 bits per heavy atom. The van der Waals surface area contributed by atoms with Gasteiger partial charge >= 0.3 is 0 Å². The molecule has 1 fully saturated rings. The van der Waals surface area contributed by atoms with Crippen LogP contribution < -0.4 is 16.2 Å². The molecule has 0 bridgehead atoms. The van der Waals surface area contributed by atoms with Crippen molar-refractivity contribution in [2.24, 2.45) is 5.73 Å². The number of hydrogen-bond acceptors (Lipinski definition) is 5. The van der Waals surface area contributed by atoms with E-state index in [2.05, 4.69) is 0 Å². The maximum atomic E-state index is 10.3. The number of ether oxygens (including phenoxy) is 1. The zero-order valence-electron chi connectivity index (χ0n) is 11.2. The summed E-state index contributed by atoms with van der Waals surface area (Å²) in [6.45, 7) is 0. The largest absolute Gasteiger partial charge is 0.497 e. The standard InChI is InChI=1S/C7H8N2O3.C6H13N/c1-12-5-2-3-7(9(10)11)6(8)4-5;7-6-4-2-1-3-5-6/h2-4H,8H2,1H3;6H,1-5,7H2. The number of nitro benzene ring substituents is 1. The minimum absolute atomic E-state index is 0.101. The quantitative estimate of drug-likeness (QED) is 0.486. The average Bonchev–Trinajstić information content (AvgIpc) is 2.39. The predicted octanol–water partition coefficient (Wildman–Crippen LogP) is 2.46. The van der Waals surface area contributed by atoms with Crippen molar-refractivity contribution in [1.29, 1.82) is 0 Å². The summed E-state index contributed by atoms with van der Waals surface area (Å²) in [7, 11) is 1.47. The van der Waals surface area contributed by atoms with E-state index in [1.165, 1.54) is 57.4 Å². The lowest BCUT2D eigenvalue weighted by Crippen LogP contribution is -2.22. The molecule has 1 aliphatic rings. The monoisotopic (exact) mass is 267 g/mol. The maximum Gasteiger partial charge on any atom is 0.292 e. The summed E-state index contributed by atoms with van der Waals surface area (Å²) in [6, 6.07) is 4.76. The molecule has 0 amide bonds. The zero-order chi connectivity index (χ0) is 14.3. The van der Waals surface area contributed by atoms with Gasteiger partial charge in [-0.3, -0.25) is 10.1 Å². The van der Waals surface area contributed by atoms with Gasteiger partial charge in [0, 0.05) is 18.2 Å². The highest BCUT2D eigenvalue weighted by Gasteiger charge is 2.10. The van der Waals surface area contributed by atoms with Crippen LogP contribution in [0.5, 0.6) is 5.75 Å². The molecule has 1 saturated carbocycles. The first-order valence-electron chi connectivity index (χ1n) is 6.38. The Balaban J connectivity index is 0.000000218. The molecule has 2 rings (SSSR count). The van der Waals surface area contributed by atoms with Gasteiger partial charge in [-0.2, -0.15) is 0 Å². The summed E-state index contributed by atoms with van der Waals surface area (Å²) in [5.74, 6) is 0.512. The van der Waals surface area contributed by atoms with Crippen LogP contribution in [0.3, 0.4) is 0 Å². The molecule has 0 aliphatic heterocycles. The van der Waals surface area contributed by atoms with E-state index in [-0.39, 0.29) is 11.4 Å². The molecule has 0 atom stereocenters. The lowest BCUT2D eigenvalue weighted by Gasteiger charge is -2.15. The van der Waals surface area contributed by atoms with Gasteiger partial charge < -0.3 is 16.2 Å². The molecule has 0 saturated heterocycles. The average molecular weight is 267 g/mol. The molecule has 1 aromatic carbocycles. The minimum atomic E-state index is -0.533. The highest BCUT2D eigenvalue weighted by Crippen LogP contribution is 2.25. The molecule has 1 aromatic rings. The van der Waals surface area contributed by atoms with Crippen molar-refractivity contribution in [3.8, 4) is 5.75 Å². The molecule has 0 aromatic heterocycles. The Hall–Kier alpha value is -1.82. The van der Waals surface area contributed by atoms with Crippen LogP contribution in [0.15, 0.2) is 18.2 Å². The molecule has 0 spiro atoms. The predicted molar refractivity (Wildman–Crippen MR) is 75.1 cm³/mol. The molecule has 1 aliphatic carbocycles. The number of anilines is 1. The Labute approximate surface area is 112 Å². The van der Waals surface area contributed by atoms with Crippen LogP contribution in [-0.4, -0.2) is 18.1 Å². The Bertz CT molecular complexity index is 418. The van der Waals surface area contributed by atoms with E-state index >= 15 is 0 Å². The van der Waals surface area contributed by atoms with Gasteiger partial charge in [0.05, 0.1) is 12.0 Å². The highest BCUT2D eigenvalue weighted by molar-refractivity contribution is 5.60. The summed E-state index contributed by atoms with van der Waals surface area (Å²) in [4.78, 5) is 9.77. The van der Waals surface area contributed by atoms with Gasteiger partial charge in [0.15, 0.2) is 0 Å². The lowest BCUT2D eigenvalue weighted by molar-refractivity contribution is -0.383. The molecule has 4 N–H and O–H groups in total. The van der Waals surface area contributed by atoms with Crippen LogP contribution in [0.4, 0.5) is 11.4 Å². The number of nitro groups is 1. The molecular weight excluding hydrogens is 246 g/mol. The number of nitrogen functional groups attached to an aromatic ring is 1. The molecule has 6 heteroatoms. The fourth-order valence-corrected chi connectivity index (χ4v) is 1.96. The summed E-state index contributed by atoms with van der Waals surface area (Å²) >= 11 is 0. The second-order valence-electron chi connectivity index (χ2n) is 4.58. The number of rotatable bonds is 2. The molecule has 0 heterocycles. The van der Waals surface area contributed by atoms with Crippen LogP contribution >= 0.6 is 0 Å². The van der Waals surface area contributed by atoms with E-state index in [0.29, 0.717) is 11.8 Å². The van der Waals surface area contributed by atoms with Crippen LogP contribution in [0.1, 0.15) is 32.1 Å². The molecule has 19 heavy (non-hydrogen) atoms. The van der Waals surface area contributed by atoms with Crippen LogP contribution in [0, 0.1) is 10.1 Å². The number of nitrogens with zero attached hydrogens (tertiary/aromatic N) is 1. The van der Waals surface area contributed by atoms with Crippen LogP contribution in [0.2, 0.25) is 0 Å². The van der Waals surface area contributed by atoms with E-state index < -0.39 is 4.92 Å². The molecule has 0 unspecified atom stereocenters. The topological polar surface area (TPSA) is 104 Å². The van der Waals surface area contributed by atoms with Crippen molar-refractivity contribution >= 4 is 11.4 Å². The molecular formula is C13H21N3O3. The van der Waals surface area contributed by atoms with E-state index in [1.807, 2.05) is 0 Å². The van der Waals surface area contributed by atoms with E-state index in [0.717, 1.165) is 0 Å². The maximum absolute atomic E-state index is 10.3. The van der Waals surface area contributed by atoms with Gasteiger partial charge in [0.2, 0.25) is 0 Å². The number of nitrogens with two attached hydrogens (primary N) is 2. The van der Waals surface area contributed by atoms with E-state index in [9.17, 15) is 10.1 Å². The van der Waals surface area contributed by atoms with Crippen molar-refractivity contribution < 1.29 is 9.66 Å². The van der Waals surface area contributed by atoms with Crippen LogP contribution in [0.25, 0.3) is 0 Å². The first-order valence-corrected chi connectivity index (χ1v) is 6.38. The lowest BCUT2D eigenvalue weighted by atomic mass is 9.97. The van der Waals surface area contributed by atoms with Gasteiger partial charge in [0.25, 0.3) is 5.69 Å². The fraction of sp³-hybridized carbons (Fsp3) is 0.538. The number of hydrogen-bond donors (Lipinski definition) is 2. The zero-order valence-corrected chi connectivity index (χ0v) is 11.2. The van der Waals surface area contributed by atoms with Crippen molar-refractivity contribution in [1.82, 2.24) is 0 Å². The number of benzene rings is 1. The second-order valence-corrected chi connectivity index (χ2v) is 4.58. The van der Waals surface area contributed by atoms with E-state index in [1.54, 1.807) is 0 Å². The van der Waals surface area contributed by atoms with Crippen molar-refractivity contribution in [2.75, 3.05) is 12.8 Å². The Morgan fingerprint density at radius 2 is 1.95 bits per heavy atom. The second kappa shape index (κ2) is 7.58. The normalized spacial score (nSPS) is 15.3. The summed E-state index contributed by atoms with van der Waals surface area (Å²) in [5.41, 5.74) is 11.0. The fourth-order valence-electron chi connectivity index (χ4n) is 1.96. The summed E-state index contributed by atoms with van der Waals surface area (Å²) in [6.07, 6.45) is 6.66. The molecule has 0 radical (unpaired) electrons. The highest BCUT2D eigenvalue weighted by atomic mass is 16.6. The first-order chi connectivity index (χ1) is 9.04. The summed E-state index contributed by atoms with van der Waals surface area (Å²) in [5, 5.41) is 10.3. The smallest absolute Gasteiger partial charge is 0.292 e. The molecule has 6 nitrogen and oxygen atoms in total. The summed E-state index contributed by atoms with van der Waals surface area (Å²) < 4.78 is 4.83. The number of methoxy groups -OCH3 is 1. The van der Waals surface area contributed by atoms with Crippen molar-refractivity contribution in [3.05, 3.63) is 28.3 Å². The van der Waals surface area contributed by atoms with Gasteiger partial charge in [0.1, 0.15) is 11.4 Å². The first kappa shape index (κ1) is 15.2. The van der Waals surface area contributed by atoms with Crippen molar-refractivity contribution in [2.45, 2.75) is 38.1 Å². The van der Waals surface area contributed by atoms with Gasteiger partial charge in [-0.1, -0.05) is 19.3 Å². The van der Waals surface area contributed by atoms with Gasteiger partial charge in [-0.15, -0.1) is 0 Å². The van der Waals surface area contributed by atoms with Crippen LogP contribution in [-0.2, 0) is 0 Å². The Morgan fingerprint density at radius 3 is 2.32 bits per heavy atom.